The van der Waals surface area contributed by atoms with Crippen LogP contribution in [0.25, 0.3) is 0 Å². The molecule has 45 heavy (non-hydrogen) atoms. The highest BCUT2D eigenvalue weighted by Crippen LogP contribution is 2.47. The minimum Gasteiger partial charge on any atom is -0.394 e. The van der Waals surface area contributed by atoms with Crippen molar-refractivity contribution in [2.75, 3.05) is 51.6 Å². The summed E-state index contributed by atoms with van der Waals surface area (Å²) in [6.07, 6.45) is 6.01. The van der Waals surface area contributed by atoms with Crippen LogP contribution in [0.5, 0.6) is 0 Å². The maximum Gasteiger partial charge on any atom is 0.352 e. The van der Waals surface area contributed by atoms with E-state index in [2.05, 4.69) is 63.6 Å². The highest BCUT2D eigenvalue weighted by atomic mass is 32.2. The third-order valence-corrected chi connectivity index (χ3v) is 10.4. The van der Waals surface area contributed by atoms with Crippen LogP contribution >= 0.6 is 19.4 Å². The molecule has 0 spiro atoms. The number of aliphatic hydroxyl groups excluding tert-OH is 3. The summed E-state index contributed by atoms with van der Waals surface area (Å²) >= 11 is 1.01. The largest absolute Gasteiger partial charge is 0.394 e. The van der Waals surface area contributed by atoms with Crippen LogP contribution in [0.15, 0.2) is 11.4 Å². The van der Waals surface area contributed by atoms with Gasteiger partial charge in [0.2, 0.25) is 5.91 Å². The fourth-order valence-electron chi connectivity index (χ4n) is 4.75. The minimum atomic E-state index is -4.47. The third-order valence-electron chi connectivity index (χ3n) is 7.89. The number of carbonyl (C=O) groups excluding carboxylic acids is 1. The molecule has 11 nitrogen and oxygen atoms in total. The molecule has 1 saturated heterocycles. The van der Waals surface area contributed by atoms with Gasteiger partial charge in [-0.2, -0.15) is 0 Å². The topological polar surface area (TPSA) is 163 Å². The lowest BCUT2D eigenvalue weighted by molar-refractivity contribution is -0.173. The second kappa shape index (κ2) is 28.5. The predicted molar refractivity (Wildman–Crippen MR) is 187 cm³/mol. The van der Waals surface area contributed by atoms with E-state index in [0.29, 0.717) is 6.42 Å². The molecule has 0 saturated carbocycles. The van der Waals surface area contributed by atoms with Gasteiger partial charge in [0, 0.05) is 18.0 Å². The summed E-state index contributed by atoms with van der Waals surface area (Å²) in [5.41, 5.74) is -0.895. The van der Waals surface area contributed by atoms with Gasteiger partial charge in [-0.05, 0) is 52.1 Å². The Bertz CT molecular complexity index is 773. The molecule has 1 aliphatic rings. The van der Waals surface area contributed by atoms with Crippen LogP contribution in [0.1, 0.15) is 107 Å². The van der Waals surface area contributed by atoms with Crippen molar-refractivity contribution in [3.8, 4) is 0 Å². The maximum atomic E-state index is 11.9. The van der Waals surface area contributed by atoms with E-state index in [9.17, 15) is 34.5 Å². The maximum absolute atomic E-state index is 11.9. The zero-order chi connectivity index (χ0) is 34.8. The van der Waals surface area contributed by atoms with Gasteiger partial charge in [-0.3, -0.25) is 9.36 Å². The molecular formula is C32H68N3O8PS. The Labute approximate surface area is 278 Å². The number of carbonyl (C=O) groups is 1. The molecule has 6 N–H and O–H groups in total. The first-order chi connectivity index (χ1) is 21.3. The average Bonchev–Trinajstić information content (AvgIpc) is 3.00. The van der Waals surface area contributed by atoms with Crippen LogP contribution in [-0.2, 0) is 14.1 Å². The zero-order valence-corrected chi connectivity index (χ0v) is 31.2. The molecule has 1 rings (SSSR count). The molecule has 0 unspecified atom stereocenters. The number of amides is 1. The number of ether oxygens (including phenoxy) is 1. The van der Waals surface area contributed by atoms with Gasteiger partial charge in [-0.15, -0.1) is 11.8 Å². The van der Waals surface area contributed by atoms with E-state index < -0.39 is 49.9 Å². The SMILES string of the molecule is CCCCCCCCC/C=C(\CS[C@@H]1O[C@H](CO)[C@@H](O)[C@H](O)[C@H]1NC(C)=O)P(=O)(O)O.CCN(CC)CC.CCN(CC)CC. The molecule has 1 aliphatic heterocycles. The number of unbranched alkanes of at least 4 members (excludes halogenated alkanes) is 7. The van der Waals surface area contributed by atoms with Gasteiger partial charge in [0.25, 0.3) is 0 Å². The Balaban J connectivity index is 0. The summed E-state index contributed by atoms with van der Waals surface area (Å²) in [7, 11) is -4.47. The summed E-state index contributed by atoms with van der Waals surface area (Å²) < 4.78 is 17.5. The standard InChI is InChI=1S/C20H38NO8PS.2C6H15N/c1-3-4-5-6-7-8-9-10-11-15(30(26,27)28)13-31-20-17(21-14(2)23)19(25)18(24)16(12-22)29-20;2*1-4-7(5-2)6-3/h11,16-20,22,24-25H,3-10,12-13H2,1-2H3,(H,21,23)(H2,26,27,28);2*4-6H2,1-3H3/b15-11+;;/t16-,17-,18-,19-,20+;;/m1../s1. The van der Waals surface area contributed by atoms with Crippen LogP contribution in [0.2, 0.25) is 0 Å². The number of nitrogens with zero attached hydrogens (tertiary/aromatic N) is 2. The van der Waals surface area contributed by atoms with E-state index in [1.54, 1.807) is 6.08 Å². The normalized spacial score (nSPS) is 22.0. The van der Waals surface area contributed by atoms with Gasteiger partial charge in [0.1, 0.15) is 23.7 Å². The monoisotopic (exact) mass is 685 g/mol. The van der Waals surface area contributed by atoms with Gasteiger partial charge in [0.05, 0.1) is 12.6 Å². The van der Waals surface area contributed by atoms with Crippen molar-refractivity contribution in [1.29, 1.82) is 0 Å². The Hall–Kier alpha value is -0.530. The molecule has 0 bridgehead atoms. The molecule has 0 radical (unpaired) electrons. The molecule has 5 atom stereocenters. The van der Waals surface area contributed by atoms with Crippen LogP contribution < -0.4 is 5.32 Å². The molecule has 1 amide bonds. The summed E-state index contributed by atoms with van der Waals surface area (Å²) in [5, 5.41) is 32.2. The highest BCUT2D eigenvalue weighted by molar-refractivity contribution is 8.00. The van der Waals surface area contributed by atoms with Gasteiger partial charge in [-0.25, -0.2) is 0 Å². The first-order valence-electron chi connectivity index (χ1n) is 17.0. The molecule has 1 heterocycles. The third kappa shape index (κ3) is 21.9. The minimum absolute atomic E-state index is 0.0326. The fraction of sp³-hybridized carbons (Fsp3) is 0.906. The number of thioether (sulfide) groups is 1. The van der Waals surface area contributed by atoms with Crippen molar-refractivity contribution in [1.82, 2.24) is 15.1 Å². The van der Waals surface area contributed by atoms with E-state index in [-0.39, 0.29) is 11.1 Å². The van der Waals surface area contributed by atoms with Crippen molar-refractivity contribution >= 4 is 25.3 Å². The molecule has 13 heteroatoms. The highest BCUT2D eigenvalue weighted by Gasteiger charge is 2.45. The van der Waals surface area contributed by atoms with Crippen LogP contribution in [0.3, 0.4) is 0 Å². The quantitative estimate of drug-likeness (QED) is 0.0787. The van der Waals surface area contributed by atoms with Gasteiger partial charge >= 0.3 is 7.60 Å². The van der Waals surface area contributed by atoms with E-state index in [4.69, 9.17) is 4.74 Å². The Morgan fingerprint density at radius 3 is 1.67 bits per heavy atom. The number of aliphatic hydroxyl groups is 3. The summed E-state index contributed by atoms with van der Waals surface area (Å²) in [4.78, 5) is 35.6. The number of hydrogen-bond donors (Lipinski definition) is 6. The van der Waals surface area contributed by atoms with Crippen LogP contribution in [0, 0.1) is 0 Å². The molecule has 0 aromatic rings. The zero-order valence-electron chi connectivity index (χ0n) is 29.5. The number of rotatable bonds is 20. The second-order valence-electron chi connectivity index (χ2n) is 11.1. The van der Waals surface area contributed by atoms with Gasteiger partial charge in [-0.1, -0.05) is 93.1 Å². The molecule has 1 fully saturated rings. The van der Waals surface area contributed by atoms with Crippen LogP contribution in [-0.4, -0.2) is 122 Å². The lowest BCUT2D eigenvalue weighted by Crippen LogP contribution is -2.63. The fourth-order valence-corrected chi connectivity index (χ4v) is 7.13. The summed E-state index contributed by atoms with van der Waals surface area (Å²) in [5.74, 6) is -0.514. The van der Waals surface area contributed by atoms with Crippen molar-refractivity contribution in [3.05, 3.63) is 11.4 Å². The Morgan fingerprint density at radius 1 is 0.822 bits per heavy atom. The molecule has 270 valence electrons. The van der Waals surface area contributed by atoms with Crippen molar-refractivity contribution in [2.45, 2.75) is 137 Å². The number of allylic oxidation sites excluding steroid dienone is 1. The Kier molecular flexibility index (Phi) is 29.5. The van der Waals surface area contributed by atoms with Gasteiger partial charge in [0.15, 0.2) is 0 Å². The molecule has 0 aromatic carbocycles. The van der Waals surface area contributed by atoms with Crippen molar-refractivity contribution in [2.24, 2.45) is 0 Å². The lowest BCUT2D eigenvalue weighted by Gasteiger charge is -2.42. The summed E-state index contributed by atoms with van der Waals surface area (Å²) in [6, 6.07) is -0.985. The predicted octanol–water partition coefficient (Wildman–Crippen LogP) is 4.56. The molecule has 0 aromatic heterocycles. The van der Waals surface area contributed by atoms with E-state index in [1.165, 1.54) is 71.9 Å². The van der Waals surface area contributed by atoms with E-state index in [1.807, 2.05) is 0 Å². The number of hydrogen-bond acceptors (Lipinski definition) is 9. The average molecular weight is 686 g/mol. The van der Waals surface area contributed by atoms with Gasteiger partial charge < -0.3 is 45.0 Å². The van der Waals surface area contributed by atoms with Crippen molar-refractivity contribution < 1.29 is 39.2 Å². The first-order valence-corrected chi connectivity index (χ1v) is 19.7. The van der Waals surface area contributed by atoms with E-state index >= 15 is 0 Å². The first kappa shape index (κ1) is 46.6. The summed E-state index contributed by atoms with van der Waals surface area (Å²) in [6.45, 7) is 23.1. The smallest absolute Gasteiger partial charge is 0.352 e. The molecule has 0 aliphatic carbocycles. The molecular weight excluding hydrogens is 617 g/mol. The lowest BCUT2D eigenvalue weighted by atomic mass is 9.98. The second-order valence-corrected chi connectivity index (χ2v) is 13.9. The van der Waals surface area contributed by atoms with Crippen molar-refractivity contribution in [3.63, 3.8) is 0 Å². The van der Waals surface area contributed by atoms with E-state index in [0.717, 1.165) is 31.0 Å². The number of nitrogens with one attached hydrogen (secondary N) is 1. The van der Waals surface area contributed by atoms with Crippen LogP contribution in [0.4, 0.5) is 0 Å². The Morgan fingerprint density at radius 2 is 1.29 bits per heavy atom.